The summed E-state index contributed by atoms with van der Waals surface area (Å²) in [6.45, 7) is 7.22. The Balaban J connectivity index is 1.56. The smallest absolute Gasteiger partial charge is 0.256 e. The van der Waals surface area contributed by atoms with Crippen LogP contribution >= 0.6 is 11.3 Å². The molecule has 1 fully saturated rings. The number of nitrogens with zero attached hydrogens (tertiary/aromatic N) is 1. The first-order valence-electron chi connectivity index (χ1n) is 11.3. The fourth-order valence-corrected chi connectivity index (χ4v) is 7.29. The highest BCUT2D eigenvalue weighted by Gasteiger charge is 2.31. The number of benzene rings is 1. The highest BCUT2D eigenvalue weighted by Crippen LogP contribution is 2.35. The maximum Gasteiger partial charge on any atom is 0.256 e. The predicted octanol–water partition coefficient (Wildman–Crippen LogP) is 1.49. The molecule has 1 saturated heterocycles. The Kier molecular flexibility index (Phi) is 6.90. The fourth-order valence-electron chi connectivity index (χ4n) is 4.48. The Labute approximate surface area is 199 Å². The molecule has 0 spiro atoms. The Morgan fingerprint density at radius 2 is 1.76 bits per heavy atom. The molecule has 2 aliphatic rings. The molecule has 2 aliphatic heterocycles. The molecule has 1 atom stereocenters. The lowest BCUT2D eigenvalue weighted by molar-refractivity contribution is -0.936. The SMILES string of the molecule is CNC(=O)c1c(NC(=O)c2ccc(S(=O)(=O)N3CCCC3)cc2)sc2c1CC[NH+](C(C)C)C2. The van der Waals surface area contributed by atoms with Crippen molar-refractivity contribution in [1.82, 2.24) is 9.62 Å². The molecule has 8 nitrogen and oxygen atoms in total. The van der Waals surface area contributed by atoms with Crippen molar-refractivity contribution >= 4 is 38.2 Å². The number of thiophene rings is 1. The number of quaternary nitrogens is 1. The number of amides is 2. The fraction of sp³-hybridized carbons (Fsp3) is 0.478. The van der Waals surface area contributed by atoms with Crippen LogP contribution in [0.15, 0.2) is 29.2 Å². The van der Waals surface area contributed by atoms with Crippen LogP contribution in [-0.2, 0) is 23.0 Å². The number of hydrogen-bond acceptors (Lipinski definition) is 5. The van der Waals surface area contributed by atoms with Crippen molar-refractivity contribution in [1.29, 1.82) is 0 Å². The molecule has 0 bridgehead atoms. The van der Waals surface area contributed by atoms with Crippen molar-refractivity contribution in [3.8, 4) is 0 Å². The molecular formula is C23H31N4O4S2+. The number of fused-ring (bicyclic) bond motifs is 1. The molecule has 10 heteroatoms. The van der Waals surface area contributed by atoms with Gasteiger partial charge in [0.1, 0.15) is 11.5 Å². The zero-order valence-corrected chi connectivity index (χ0v) is 20.9. The molecule has 1 unspecified atom stereocenters. The van der Waals surface area contributed by atoms with E-state index in [1.807, 2.05) is 0 Å². The van der Waals surface area contributed by atoms with Crippen LogP contribution in [0.3, 0.4) is 0 Å². The molecule has 2 aromatic rings. The van der Waals surface area contributed by atoms with E-state index >= 15 is 0 Å². The van der Waals surface area contributed by atoms with E-state index < -0.39 is 10.0 Å². The predicted molar refractivity (Wildman–Crippen MR) is 128 cm³/mol. The molecule has 0 saturated carbocycles. The van der Waals surface area contributed by atoms with Gasteiger partial charge in [-0.25, -0.2) is 8.42 Å². The van der Waals surface area contributed by atoms with Crippen molar-refractivity contribution in [2.75, 3.05) is 32.0 Å². The van der Waals surface area contributed by atoms with Crippen LogP contribution in [0.1, 0.15) is 57.8 Å². The van der Waals surface area contributed by atoms with Crippen LogP contribution in [0.2, 0.25) is 0 Å². The summed E-state index contributed by atoms with van der Waals surface area (Å²) in [6, 6.07) is 6.49. The first-order chi connectivity index (χ1) is 15.7. The average Bonchev–Trinajstić information content (AvgIpc) is 3.46. The van der Waals surface area contributed by atoms with Crippen LogP contribution in [-0.4, -0.2) is 57.3 Å². The maximum atomic E-state index is 13.0. The number of rotatable bonds is 6. The number of sulfonamides is 1. The summed E-state index contributed by atoms with van der Waals surface area (Å²) in [6.07, 6.45) is 2.53. The molecule has 178 valence electrons. The lowest BCUT2D eigenvalue weighted by Crippen LogP contribution is -3.14. The van der Waals surface area contributed by atoms with Gasteiger partial charge in [0.25, 0.3) is 11.8 Å². The average molecular weight is 492 g/mol. The van der Waals surface area contributed by atoms with Gasteiger partial charge in [0.15, 0.2) is 0 Å². The van der Waals surface area contributed by atoms with Gasteiger partial charge in [-0.05, 0) is 56.5 Å². The minimum absolute atomic E-state index is 0.190. The van der Waals surface area contributed by atoms with Gasteiger partial charge in [-0.3, -0.25) is 9.59 Å². The summed E-state index contributed by atoms with van der Waals surface area (Å²) in [5.41, 5.74) is 1.91. The van der Waals surface area contributed by atoms with Crippen LogP contribution in [0.25, 0.3) is 0 Å². The molecule has 0 aliphatic carbocycles. The summed E-state index contributed by atoms with van der Waals surface area (Å²) in [5, 5.41) is 6.14. The third-order valence-electron chi connectivity index (χ3n) is 6.49. The van der Waals surface area contributed by atoms with Crippen LogP contribution in [0.5, 0.6) is 0 Å². The molecule has 3 heterocycles. The lowest BCUT2D eigenvalue weighted by atomic mass is 10.0. The summed E-state index contributed by atoms with van der Waals surface area (Å²) < 4.78 is 26.9. The van der Waals surface area contributed by atoms with Gasteiger partial charge >= 0.3 is 0 Å². The minimum Gasteiger partial charge on any atom is -0.355 e. The standard InChI is InChI=1S/C23H30N4O4S2/c1-15(2)26-13-10-18-19(14-26)32-23(20(18)22(29)24-3)25-21(28)16-6-8-17(9-7-16)33(30,31)27-11-4-5-12-27/h6-9,15H,4-5,10-14H2,1-3H3,(H,24,29)(H,25,28)/p+1. The summed E-state index contributed by atoms with van der Waals surface area (Å²) in [5.74, 6) is -0.570. The molecule has 3 N–H and O–H groups in total. The maximum absolute atomic E-state index is 13.0. The molecule has 2 amide bonds. The highest BCUT2D eigenvalue weighted by molar-refractivity contribution is 7.89. The van der Waals surface area contributed by atoms with E-state index in [0.717, 1.165) is 42.8 Å². The minimum atomic E-state index is -3.53. The van der Waals surface area contributed by atoms with E-state index in [1.54, 1.807) is 7.05 Å². The van der Waals surface area contributed by atoms with E-state index in [0.29, 0.717) is 35.3 Å². The summed E-state index contributed by atoms with van der Waals surface area (Å²) in [4.78, 5) is 28.4. The second kappa shape index (κ2) is 9.54. The third kappa shape index (κ3) is 4.70. The molecule has 33 heavy (non-hydrogen) atoms. The second-order valence-electron chi connectivity index (χ2n) is 8.87. The zero-order valence-electron chi connectivity index (χ0n) is 19.2. The first-order valence-corrected chi connectivity index (χ1v) is 13.6. The largest absolute Gasteiger partial charge is 0.355 e. The monoisotopic (exact) mass is 491 g/mol. The van der Waals surface area contributed by atoms with E-state index in [2.05, 4.69) is 24.5 Å². The topological polar surface area (TPSA) is 100 Å². The van der Waals surface area contributed by atoms with Crippen molar-refractivity contribution in [3.05, 3.63) is 45.8 Å². The molecule has 1 aromatic heterocycles. The first kappa shape index (κ1) is 23.9. The Bertz CT molecular complexity index is 1150. The van der Waals surface area contributed by atoms with Crippen molar-refractivity contribution in [2.45, 2.75) is 50.6 Å². The number of nitrogens with one attached hydrogen (secondary N) is 3. The van der Waals surface area contributed by atoms with E-state index in [9.17, 15) is 18.0 Å². The summed E-state index contributed by atoms with van der Waals surface area (Å²) >= 11 is 1.46. The number of hydrogen-bond donors (Lipinski definition) is 3. The van der Waals surface area contributed by atoms with Crippen LogP contribution in [0.4, 0.5) is 5.00 Å². The van der Waals surface area contributed by atoms with Crippen molar-refractivity contribution in [2.24, 2.45) is 0 Å². The third-order valence-corrected chi connectivity index (χ3v) is 9.55. The molecule has 4 rings (SSSR count). The van der Waals surface area contributed by atoms with Crippen molar-refractivity contribution < 1.29 is 22.9 Å². The quantitative estimate of drug-likeness (QED) is 0.570. The number of anilines is 1. The molecule has 1 aromatic carbocycles. The van der Waals surface area contributed by atoms with Gasteiger partial charge in [0.2, 0.25) is 10.0 Å². The molecular weight excluding hydrogens is 460 g/mol. The second-order valence-corrected chi connectivity index (χ2v) is 11.9. The normalized spacial score (nSPS) is 18.8. The molecule has 0 radical (unpaired) electrons. The zero-order chi connectivity index (χ0) is 23.8. The van der Waals surface area contributed by atoms with Crippen LogP contribution in [0, 0.1) is 0 Å². The van der Waals surface area contributed by atoms with Crippen LogP contribution < -0.4 is 15.5 Å². The number of carbonyl (C=O) groups is 2. The summed E-state index contributed by atoms with van der Waals surface area (Å²) in [7, 11) is -1.94. The van der Waals surface area contributed by atoms with Gasteiger partial charge in [0.05, 0.1) is 27.9 Å². The van der Waals surface area contributed by atoms with Gasteiger partial charge in [-0.2, -0.15) is 4.31 Å². The highest BCUT2D eigenvalue weighted by atomic mass is 32.2. The van der Waals surface area contributed by atoms with E-state index in [4.69, 9.17) is 0 Å². The van der Waals surface area contributed by atoms with Gasteiger partial charge in [0, 0.05) is 32.1 Å². The van der Waals surface area contributed by atoms with Crippen molar-refractivity contribution in [3.63, 3.8) is 0 Å². The Morgan fingerprint density at radius 3 is 2.36 bits per heavy atom. The Morgan fingerprint density at radius 1 is 1.09 bits per heavy atom. The van der Waals surface area contributed by atoms with Gasteiger partial charge in [-0.1, -0.05) is 0 Å². The van der Waals surface area contributed by atoms with Gasteiger partial charge in [-0.15, -0.1) is 11.3 Å². The lowest BCUT2D eigenvalue weighted by Gasteiger charge is -2.27. The Hall–Kier alpha value is -2.27. The van der Waals surface area contributed by atoms with E-state index in [-0.39, 0.29) is 16.7 Å². The van der Waals surface area contributed by atoms with E-state index in [1.165, 1.54) is 44.8 Å². The van der Waals surface area contributed by atoms with Gasteiger partial charge < -0.3 is 15.5 Å². The number of carbonyl (C=O) groups excluding carboxylic acids is 2.